The van der Waals surface area contributed by atoms with Gasteiger partial charge in [0.25, 0.3) is 20.4 Å². The smallest absolute Gasteiger partial charge is 0.280 e. The first-order chi connectivity index (χ1) is 24.6. The van der Waals surface area contributed by atoms with E-state index in [0.29, 0.717) is 11.4 Å². The van der Waals surface area contributed by atoms with Gasteiger partial charge >= 0.3 is 0 Å². The molecule has 0 aliphatic carbocycles. The molecular formula is C34H34Cl2F2N6O6S2. The van der Waals surface area contributed by atoms with E-state index in [-0.39, 0.29) is 22.9 Å². The van der Waals surface area contributed by atoms with Crippen molar-refractivity contribution in [1.29, 1.82) is 0 Å². The van der Waals surface area contributed by atoms with E-state index in [0.717, 1.165) is 31.9 Å². The molecule has 0 aromatic heterocycles. The number of hydrogen-bond donors (Lipinski definition) is 4. The van der Waals surface area contributed by atoms with Gasteiger partial charge in [-0.15, -0.1) is 0 Å². The molecule has 2 amide bonds. The average molecular weight is 796 g/mol. The summed E-state index contributed by atoms with van der Waals surface area (Å²) in [4.78, 5) is 25.3. The van der Waals surface area contributed by atoms with Crippen LogP contribution in [-0.4, -0.2) is 63.4 Å². The van der Waals surface area contributed by atoms with Crippen LogP contribution in [0, 0.1) is 11.6 Å². The van der Waals surface area contributed by atoms with Crippen LogP contribution in [0.2, 0.25) is 10.0 Å². The summed E-state index contributed by atoms with van der Waals surface area (Å²) >= 11 is 11.4. The zero-order valence-corrected chi connectivity index (χ0v) is 30.8. The predicted octanol–water partition coefficient (Wildman–Crippen LogP) is 5.39. The number of carbonyl (C=O) groups excluding carboxylic acids is 2. The highest BCUT2D eigenvalue weighted by atomic mass is 35.5. The lowest BCUT2D eigenvalue weighted by atomic mass is 9.99. The van der Waals surface area contributed by atoms with Gasteiger partial charge in [0.15, 0.2) is 0 Å². The molecule has 2 heterocycles. The summed E-state index contributed by atoms with van der Waals surface area (Å²) < 4.78 is 83.2. The molecule has 12 nitrogen and oxygen atoms in total. The number of rotatable bonds is 6. The van der Waals surface area contributed by atoms with E-state index >= 15 is 0 Å². The molecule has 4 atom stereocenters. The standard InChI is InChI=1S/2C17H17ClFN3O3S/c2*1-22-16(17(23)20-12-7-8-14(19)13(18)9-12)10-15(21-26(22,24)25)11-5-3-2-4-6-11/h2*2-9,15-16,21H,10H2,1H3,(H,20,23)/t2*15-,16+/m10/s1. The monoisotopic (exact) mass is 794 g/mol. The van der Waals surface area contributed by atoms with Crippen molar-refractivity contribution in [2.24, 2.45) is 0 Å². The van der Waals surface area contributed by atoms with Crippen LogP contribution in [0.15, 0.2) is 97.1 Å². The maximum Gasteiger partial charge on any atom is 0.280 e. The molecule has 6 rings (SSSR count). The molecule has 0 radical (unpaired) electrons. The number of halogens is 4. The lowest BCUT2D eigenvalue weighted by Gasteiger charge is -2.36. The van der Waals surface area contributed by atoms with Crippen LogP contribution in [0.25, 0.3) is 0 Å². The van der Waals surface area contributed by atoms with Crippen LogP contribution in [0.1, 0.15) is 36.1 Å². The number of likely N-dealkylation sites (N-methyl/N-ethyl adjacent to an activating group) is 2. The Morgan fingerprint density at radius 1 is 0.635 bits per heavy atom. The summed E-state index contributed by atoms with van der Waals surface area (Å²) in [5.41, 5.74) is 2.13. The molecule has 276 valence electrons. The minimum atomic E-state index is -3.82. The SMILES string of the molecule is CN1[C@@H](C(=O)Nc2ccc(F)c(Cl)c2)C[C@@H](c2ccccc2)NS1(=O)=O.CN1[C@H](C(=O)Nc2ccc(F)c(Cl)c2)C[C@H](c2ccccc2)NS1(=O)=O. The Hall–Kier alpha value is -4.00. The summed E-state index contributed by atoms with van der Waals surface area (Å²) in [6.07, 6.45) is 0.501. The molecule has 2 fully saturated rings. The summed E-state index contributed by atoms with van der Waals surface area (Å²) in [6.45, 7) is 0. The largest absolute Gasteiger partial charge is 0.325 e. The predicted molar refractivity (Wildman–Crippen MR) is 195 cm³/mol. The first-order valence-electron chi connectivity index (χ1n) is 15.7. The van der Waals surface area contributed by atoms with Crippen molar-refractivity contribution in [1.82, 2.24) is 18.1 Å². The van der Waals surface area contributed by atoms with E-state index < -0.39 is 68.0 Å². The van der Waals surface area contributed by atoms with Crippen LogP contribution in [0.3, 0.4) is 0 Å². The Kier molecular flexibility index (Phi) is 12.3. The zero-order chi connectivity index (χ0) is 37.8. The Morgan fingerprint density at radius 3 is 1.31 bits per heavy atom. The zero-order valence-electron chi connectivity index (χ0n) is 27.6. The molecule has 0 bridgehead atoms. The van der Waals surface area contributed by atoms with E-state index in [1.807, 2.05) is 12.1 Å². The summed E-state index contributed by atoms with van der Waals surface area (Å²) in [7, 11) is -4.97. The third-order valence-corrected chi connectivity index (χ3v) is 12.3. The van der Waals surface area contributed by atoms with Gasteiger partial charge < -0.3 is 10.6 Å². The molecule has 2 aliphatic rings. The molecule has 4 aromatic rings. The molecule has 4 N–H and O–H groups in total. The first kappa shape index (κ1) is 39.2. The van der Waals surface area contributed by atoms with Crippen molar-refractivity contribution in [3.05, 3.63) is 130 Å². The molecule has 18 heteroatoms. The maximum atomic E-state index is 13.3. The molecule has 0 spiro atoms. The fraction of sp³-hybridized carbons (Fsp3) is 0.235. The van der Waals surface area contributed by atoms with Gasteiger partial charge in [0.2, 0.25) is 11.8 Å². The molecule has 0 unspecified atom stereocenters. The van der Waals surface area contributed by atoms with Crippen molar-refractivity contribution in [3.8, 4) is 0 Å². The minimum Gasteiger partial charge on any atom is -0.325 e. The van der Waals surface area contributed by atoms with Gasteiger partial charge in [-0.25, -0.2) is 8.78 Å². The Labute approximate surface area is 310 Å². The summed E-state index contributed by atoms with van der Waals surface area (Å²) in [5, 5.41) is 4.93. The van der Waals surface area contributed by atoms with Gasteiger partial charge in [-0.05, 0) is 60.4 Å². The minimum absolute atomic E-state index is 0.128. The second-order valence-corrected chi connectivity index (χ2v) is 16.3. The number of carbonyl (C=O) groups is 2. The Balaban J connectivity index is 0.000000201. The first-order valence-corrected chi connectivity index (χ1v) is 19.3. The third kappa shape index (κ3) is 9.31. The van der Waals surface area contributed by atoms with E-state index in [4.69, 9.17) is 23.2 Å². The molecule has 4 aromatic carbocycles. The van der Waals surface area contributed by atoms with Crippen LogP contribution in [0.4, 0.5) is 20.2 Å². The van der Waals surface area contributed by atoms with Gasteiger partial charge in [-0.3, -0.25) is 9.59 Å². The van der Waals surface area contributed by atoms with E-state index in [2.05, 4.69) is 20.1 Å². The van der Waals surface area contributed by atoms with Crippen molar-refractivity contribution in [2.45, 2.75) is 37.0 Å². The highest BCUT2D eigenvalue weighted by Crippen LogP contribution is 2.30. The molecule has 0 saturated carbocycles. The second kappa shape index (κ2) is 16.3. The number of benzene rings is 4. The summed E-state index contributed by atoms with van der Waals surface area (Å²) in [5.74, 6) is -2.23. The highest BCUT2D eigenvalue weighted by Gasteiger charge is 2.42. The van der Waals surface area contributed by atoms with E-state index in [1.54, 1.807) is 48.5 Å². The number of amides is 2. The number of nitrogens with one attached hydrogen (secondary N) is 4. The van der Waals surface area contributed by atoms with Crippen molar-refractivity contribution in [2.75, 3.05) is 24.7 Å². The van der Waals surface area contributed by atoms with Gasteiger partial charge in [-0.1, -0.05) is 83.9 Å². The second-order valence-electron chi connectivity index (χ2n) is 11.9. The Bertz CT molecular complexity index is 2000. The molecule has 52 heavy (non-hydrogen) atoms. The molecular weight excluding hydrogens is 761 g/mol. The quantitative estimate of drug-likeness (QED) is 0.205. The van der Waals surface area contributed by atoms with Crippen LogP contribution in [0.5, 0.6) is 0 Å². The molecule has 2 saturated heterocycles. The maximum absolute atomic E-state index is 13.3. The van der Waals surface area contributed by atoms with Crippen molar-refractivity contribution >= 4 is 66.8 Å². The molecule has 2 aliphatic heterocycles. The fourth-order valence-corrected chi connectivity index (χ4v) is 8.53. The van der Waals surface area contributed by atoms with Gasteiger partial charge in [0.1, 0.15) is 23.7 Å². The summed E-state index contributed by atoms with van der Waals surface area (Å²) in [6, 6.07) is 22.7. The number of hydrogen-bond acceptors (Lipinski definition) is 6. The Morgan fingerprint density at radius 2 is 0.981 bits per heavy atom. The van der Waals surface area contributed by atoms with Crippen molar-refractivity contribution in [3.63, 3.8) is 0 Å². The van der Waals surface area contributed by atoms with Crippen LogP contribution in [-0.2, 0) is 30.0 Å². The average Bonchev–Trinajstić information content (AvgIpc) is 3.11. The third-order valence-electron chi connectivity index (χ3n) is 8.52. The number of nitrogens with zero attached hydrogens (tertiary/aromatic N) is 2. The number of anilines is 2. The highest BCUT2D eigenvalue weighted by molar-refractivity contribution is 7.87. The van der Waals surface area contributed by atoms with Gasteiger partial charge in [0.05, 0.1) is 10.0 Å². The van der Waals surface area contributed by atoms with Crippen LogP contribution >= 0.6 is 23.2 Å². The van der Waals surface area contributed by atoms with Crippen LogP contribution < -0.4 is 20.1 Å². The van der Waals surface area contributed by atoms with E-state index in [1.165, 1.54) is 38.4 Å². The topological polar surface area (TPSA) is 157 Å². The lowest BCUT2D eigenvalue weighted by Crippen LogP contribution is -2.55. The normalized spacial score (nSPS) is 22.7. The fourth-order valence-electron chi connectivity index (χ4n) is 5.62. The van der Waals surface area contributed by atoms with Crippen molar-refractivity contribution < 1.29 is 35.2 Å². The lowest BCUT2D eigenvalue weighted by molar-refractivity contribution is -0.120. The van der Waals surface area contributed by atoms with E-state index in [9.17, 15) is 35.2 Å². The van der Waals surface area contributed by atoms with Gasteiger partial charge in [-0.2, -0.15) is 34.9 Å². The van der Waals surface area contributed by atoms with Gasteiger partial charge in [0, 0.05) is 37.6 Å².